The van der Waals surface area contributed by atoms with E-state index in [0.29, 0.717) is 22.0 Å². The zero-order chi connectivity index (χ0) is 19.6. The van der Waals surface area contributed by atoms with Crippen LogP contribution in [0.5, 0.6) is 0 Å². The lowest BCUT2D eigenvalue weighted by atomic mass is 10.2. The van der Waals surface area contributed by atoms with Crippen molar-refractivity contribution in [2.45, 2.75) is 20.8 Å². The lowest BCUT2D eigenvalue weighted by Crippen LogP contribution is -2.13. The quantitative estimate of drug-likeness (QED) is 0.671. The Morgan fingerprint density at radius 3 is 2.30 bits per heavy atom. The molecule has 1 aromatic heterocycles. The minimum atomic E-state index is -0.214. The SMILES string of the molecule is CC(=O)Nc1ccc(NC(=O)c2cc(C)n(-c3ccccc3)c2C)cc1Cl. The smallest absolute Gasteiger partial charge is 0.257 e. The molecule has 0 atom stereocenters. The van der Waals surface area contributed by atoms with E-state index in [0.717, 1.165) is 17.1 Å². The third-order valence-electron chi connectivity index (χ3n) is 4.23. The summed E-state index contributed by atoms with van der Waals surface area (Å²) in [6, 6.07) is 16.7. The molecule has 0 radical (unpaired) electrons. The largest absolute Gasteiger partial charge is 0.325 e. The van der Waals surface area contributed by atoms with Crippen LogP contribution in [0.3, 0.4) is 0 Å². The number of nitrogens with one attached hydrogen (secondary N) is 2. The van der Waals surface area contributed by atoms with Crippen LogP contribution in [0.15, 0.2) is 54.6 Å². The highest BCUT2D eigenvalue weighted by atomic mass is 35.5. The molecular weight excluding hydrogens is 362 g/mol. The second kappa shape index (κ2) is 7.68. The second-order valence-electron chi connectivity index (χ2n) is 6.29. The molecule has 0 fully saturated rings. The fourth-order valence-corrected chi connectivity index (χ4v) is 3.28. The highest BCUT2D eigenvalue weighted by Crippen LogP contribution is 2.27. The van der Waals surface area contributed by atoms with Gasteiger partial charge in [-0.2, -0.15) is 0 Å². The molecule has 1 heterocycles. The van der Waals surface area contributed by atoms with Gasteiger partial charge in [0.2, 0.25) is 5.91 Å². The van der Waals surface area contributed by atoms with Gasteiger partial charge in [-0.05, 0) is 50.2 Å². The van der Waals surface area contributed by atoms with Crippen LogP contribution < -0.4 is 10.6 Å². The first-order chi connectivity index (χ1) is 12.9. The van der Waals surface area contributed by atoms with Crippen LogP contribution in [-0.2, 0) is 4.79 Å². The number of benzene rings is 2. The number of nitrogens with zero attached hydrogens (tertiary/aromatic N) is 1. The van der Waals surface area contributed by atoms with E-state index >= 15 is 0 Å². The van der Waals surface area contributed by atoms with E-state index < -0.39 is 0 Å². The third-order valence-corrected chi connectivity index (χ3v) is 4.54. The number of para-hydroxylation sites is 1. The van der Waals surface area contributed by atoms with E-state index in [2.05, 4.69) is 10.6 Å². The molecule has 0 spiro atoms. The molecule has 0 aliphatic rings. The molecule has 3 aromatic rings. The van der Waals surface area contributed by atoms with Crippen molar-refractivity contribution in [3.63, 3.8) is 0 Å². The molecule has 0 saturated heterocycles. The van der Waals surface area contributed by atoms with Crippen molar-refractivity contribution in [2.24, 2.45) is 0 Å². The number of amides is 2. The molecule has 2 amide bonds. The summed E-state index contributed by atoms with van der Waals surface area (Å²) in [7, 11) is 0. The molecule has 138 valence electrons. The lowest BCUT2D eigenvalue weighted by Gasteiger charge is -2.11. The molecule has 5 nitrogen and oxygen atoms in total. The predicted molar refractivity (Wildman–Crippen MR) is 109 cm³/mol. The van der Waals surface area contributed by atoms with Gasteiger partial charge in [-0.1, -0.05) is 29.8 Å². The van der Waals surface area contributed by atoms with Gasteiger partial charge in [0.05, 0.1) is 16.3 Å². The Morgan fingerprint density at radius 1 is 0.963 bits per heavy atom. The van der Waals surface area contributed by atoms with Crippen molar-refractivity contribution in [3.05, 3.63) is 76.6 Å². The van der Waals surface area contributed by atoms with Crippen molar-refractivity contribution in [1.82, 2.24) is 4.57 Å². The van der Waals surface area contributed by atoms with Crippen LogP contribution in [0.4, 0.5) is 11.4 Å². The minimum absolute atomic E-state index is 0.206. The monoisotopic (exact) mass is 381 g/mol. The predicted octanol–water partition coefficient (Wildman–Crippen LogP) is 4.96. The third kappa shape index (κ3) is 4.04. The van der Waals surface area contributed by atoms with Gasteiger partial charge in [-0.25, -0.2) is 0 Å². The average molecular weight is 382 g/mol. The summed E-state index contributed by atoms with van der Waals surface area (Å²) >= 11 is 6.17. The molecular formula is C21H20ClN3O2. The van der Waals surface area contributed by atoms with E-state index in [1.807, 2.05) is 54.8 Å². The van der Waals surface area contributed by atoms with Crippen molar-refractivity contribution in [2.75, 3.05) is 10.6 Å². The first-order valence-electron chi connectivity index (χ1n) is 8.49. The highest BCUT2D eigenvalue weighted by molar-refractivity contribution is 6.34. The summed E-state index contributed by atoms with van der Waals surface area (Å²) in [5.41, 5.74) is 4.50. The van der Waals surface area contributed by atoms with Crippen LogP contribution in [0.2, 0.25) is 5.02 Å². The van der Waals surface area contributed by atoms with Crippen LogP contribution in [-0.4, -0.2) is 16.4 Å². The lowest BCUT2D eigenvalue weighted by molar-refractivity contribution is -0.114. The second-order valence-corrected chi connectivity index (χ2v) is 6.69. The summed E-state index contributed by atoms with van der Waals surface area (Å²) in [4.78, 5) is 23.9. The zero-order valence-electron chi connectivity index (χ0n) is 15.3. The Kier molecular flexibility index (Phi) is 5.33. The van der Waals surface area contributed by atoms with Gasteiger partial charge in [0.1, 0.15) is 0 Å². The van der Waals surface area contributed by atoms with Gasteiger partial charge >= 0.3 is 0 Å². The molecule has 0 bridgehead atoms. The standard InChI is InChI=1S/C21H20ClN3O2/c1-13-11-18(14(2)25(13)17-7-5-4-6-8-17)21(27)24-16-9-10-20(19(22)12-16)23-15(3)26/h4-12H,1-3H3,(H,23,26)(H,24,27). The van der Waals surface area contributed by atoms with Crippen LogP contribution >= 0.6 is 11.6 Å². The molecule has 27 heavy (non-hydrogen) atoms. The van der Waals surface area contributed by atoms with Gasteiger partial charge in [-0.15, -0.1) is 0 Å². The Labute approximate surface area is 163 Å². The Morgan fingerprint density at radius 2 is 1.67 bits per heavy atom. The van der Waals surface area contributed by atoms with E-state index in [1.165, 1.54) is 6.92 Å². The summed E-state index contributed by atoms with van der Waals surface area (Å²) in [6.45, 7) is 5.30. The number of carbonyl (C=O) groups excluding carboxylic acids is 2. The highest BCUT2D eigenvalue weighted by Gasteiger charge is 2.17. The Bertz CT molecular complexity index is 1010. The maximum atomic E-state index is 12.8. The number of anilines is 2. The summed E-state index contributed by atoms with van der Waals surface area (Å²) < 4.78 is 2.04. The van der Waals surface area contributed by atoms with Gasteiger partial charge < -0.3 is 15.2 Å². The maximum absolute atomic E-state index is 12.8. The molecule has 2 N–H and O–H groups in total. The van der Waals surface area contributed by atoms with Gasteiger partial charge in [0.15, 0.2) is 0 Å². The first kappa shape index (κ1) is 18.7. The van der Waals surface area contributed by atoms with E-state index in [9.17, 15) is 9.59 Å². The number of carbonyl (C=O) groups is 2. The molecule has 0 aliphatic carbocycles. The van der Waals surface area contributed by atoms with Crippen molar-refractivity contribution in [3.8, 4) is 5.69 Å². The van der Waals surface area contributed by atoms with E-state index in [4.69, 9.17) is 11.6 Å². The van der Waals surface area contributed by atoms with Gasteiger partial charge in [0.25, 0.3) is 5.91 Å². The topological polar surface area (TPSA) is 63.1 Å². The molecule has 0 saturated carbocycles. The number of rotatable bonds is 4. The molecule has 0 unspecified atom stereocenters. The van der Waals surface area contributed by atoms with Crippen molar-refractivity contribution >= 4 is 34.8 Å². The Hall–Kier alpha value is -3.05. The average Bonchev–Trinajstić information content (AvgIpc) is 2.92. The summed E-state index contributed by atoms with van der Waals surface area (Å²) in [5.74, 6) is -0.421. The van der Waals surface area contributed by atoms with E-state index in [-0.39, 0.29) is 11.8 Å². The van der Waals surface area contributed by atoms with Crippen molar-refractivity contribution < 1.29 is 9.59 Å². The van der Waals surface area contributed by atoms with Gasteiger partial charge in [0, 0.05) is 29.7 Å². The fraction of sp³-hybridized carbons (Fsp3) is 0.143. The minimum Gasteiger partial charge on any atom is -0.325 e. The number of aromatic nitrogens is 1. The zero-order valence-corrected chi connectivity index (χ0v) is 16.1. The van der Waals surface area contributed by atoms with Gasteiger partial charge in [-0.3, -0.25) is 9.59 Å². The molecule has 2 aromatic carbocycles. The first-order valence-corrected chi connectivity index (χ1v) is 8.87. The maximum Gasteiger partial charge on any atom is 0.257 e. The molecule has 3 rings (SSSR count). The van der Waals surface area contributed by atoms with Crippen molar-refractivity contribution in [1.29, 1.82) is 0 Å². The summed E-state index contributed by atoms with van der Waals surface area (Å²) in [5, 5.41) is 5.86. The molecule has 6 heteroatoms. The number of halogens is 1. The van der Waals surface area contributed by atoms with E-state index in [1.54, 1.807) is 18.2 Å². The fourth-order valence-electron chi connectivity index (χ4n) is 3.05. The van der Waals surface area contributed by atoms with Crippen LogP contribution in [0, 0.1) is 13.8 Å². The summed E-state index contributed by atoms with van der Waals surface area (Å²) in [6.07, 6.45) is 0. The number of aryl methyl sites for hydroxylation is 1. The molecule has 0 aliphatic heterocycles. The van der Waals surface area contributed by atoms with Crippen LogP contribution in [0.25, 0.3) is 5.69 Å². The number of hydrogen-bond acceptors (Lipinski definition) is 2. The van der Waals surface area contributed by atoms with Crippen LogP contribution in [0.1, 0.15) is 28.7 Å². The normalized spacial score (nSPS) is 10.5. The number of hydrogen-bond donors (Lipinski definition) is 2. The Balaban J connectivity index is 1.85.